The fourth-order valence-corrected chi connectivity index (χ4v) is 4.78. The minimum absolute atomic E-state index is 0.0487. The molecule has 0 heterocycles. The van der Waals surface area contributed by atoms with Gasteiger partial charge in [-0.15, -0.1) is 0 Å². The van der Waals surface area contributed by atoms with E-state index in [9.17, 15) is 14.7 Å². The number of Topliss-reactive ketones (excluding diaryl/α,β-unsaturated/α-hetero) is 1. The average Bonchev–Trinajstić information content (AvgIpc) is 3.44. The summed E-state index contributed by atoms with van der Waals surface area (Å²) in [6.45, 7) is 22.6. The molecule has 2 atom stereocenters. The normalized spacial score (nSPS) is 16.1. The van der Waals surface area contributed by atoms with Crippen LogP contribution in [0.2, 0.25) is 0 Å². The van der Waals surface area contributed by atoms with Gasteiger partial charge in [-0.1, -0.05) is 72.6 Å². The van der Waals surface area contributed by atoms with Gasteiger partial charge in [0.2, 0.25) is 5.91 Å². The summed E-state index contributed by atoms with van der Waals surface area (Å²) in [4.78, 5) is 30.4. The second-order valence-electron chi connectivity index (χ2n) is 12.7. The predicted molar refractivity (Wildman–Crippen MR) is 185 cm³/mol. The second kappa shape index (κ2) is 23.0. The number of rotatable bonds is 14. The second-order valence-corrected chi connectivity index (χ2v) is 12.7. The van der Waals surface area contributed by atoms with Gasteiger partial charge >= 0.3 is 0 Å². The Labute approximate surface area is 264 Å². The van der Waals surface area contributed by atoms with Crippen LogP contribution in [0.5, 0.6) is 0 Å². The Morgan fingerprint density at radius 1 is 0.930 bits per heavy atom. The molecule has 0 aromatic heterocycles. The number of nitrogens with zero attached hydrogens (tertiary/aromatic N) is 2. The van der Waals surface area contributed by atoms with Crippen LogP contribution in [-0.4, -0.2) is 53.1 Å². The first-order chi connectivity index (χ1) is 20.3. The lowest BCUT2D eigenvalue weighted by atomic mass is 10.0. The van der Waals surface area contributed by atoms with Gasteiger partial charge in [0.25, 0.3) is 0 Å². The molecule has 0 saturated heterocycles. The molecule has 1 aromatic carbocycles. The summed E-state index contributed by atoms with van der Waals surface area (Å²) in [5.74, 6) is 1.31. The third-order valence-corrected chi connectivity index (χ3v) is 8.31. The average molecular weight is 600 g/mol. The monoisotopic (exact) mass is 600 g/mol. The molecule has 43 heavy (non-hydrogen) atoms. The van der Waals surface area contributed by atoms with Crippen LogP contribution in [0.3, 0.4) is 0 Å². The molecule has 6 heteroatoms. The Balaban J connectivity index is 0.000000756. The molecule has 1 saturated carbocycles. The molecule has 0 aliphatic heterocycles. The number of allylic oxidation sites excluding steroid dienone is 2. The van der Waals surface area contributed by atoms with Gasteiger partial charge in [0.05, 0.1) is 11.8 Å². The van der Waals surface area contributed by atoms with E-state index in [1.54, 1.807) is 0 Å². The molecule has 246 valence electrons. The van der Waals surface area contributed by atoms with E-state index in [1.165, 1.54) is 23.6 Å². The zero-order valence-corrected chi connectivity index (χ0v) is 29.4. The molecule has 1 aliphatic rings. The maximum atomic E-state index is 12.5. The van der Waals surface area contributed by atoms with Crippen molar-refractivity contribution in [2.75, 3.05) is 19.6 Å². The standard InChI is InChI=1S/C19H33N3O2.C9H20O.C9H12/c1-5-11-22(12-10-14(3)6-2)18(24)13-21-17-9-7-8-16(17)19(20)15(4)23;1-4-5-9(10)7-6-8(2)3;1-7-5-4-6-8(2)9(7)3/h14H,5-13,20H2,1-4H3;8-10H,4-7H2,1-3H3;4-6H,1-3H3/b19-16-,21-17?;;. The van der Waals surface area contributed by atoms with Crippen molar-refractivity contribution in [3.05, 3.63) is 46.2 Å². The largest absolute Gasteiger partial charge is 0.396 e. The number of aryl methyl sites for hydroxylation is 2. The number of nitrogens with two attached hydrogens (primary N) is 1. The summed E-state index contributed by atoms with van der Waals surface area (Å²) in [5.41, 5.74) is 12.1. The van der Waals surface area contributed by atoms with Gasteiger partial charge in [-0.2, -0.15) is 0 Å². The van der Waals surface area contributed by atoms with Crippen molar-refractivity contribution < 1.29 is 14.7 Å². The lowest BCUT2D eigenvalue weighted by Gasteiger charge is -2.23. The Morgan fingerprint density at radius 2 is 1.56 bits per heavy atom. The van der Waals surface area contributed by atoms with Crippen LogP contribution in [0.25, 0.3) is 0 Å². The molecule has 1 amide bonds. The van der Waals surface area contributed by atoms with Crippen LogP contribution in [0, 0.1) is 32.6 Å². The summed E-state index contributed by atoms with van der Waals surface area (Å²) < 4.78 is 0. The summed E-state index contributed by atoms with van der Waals surface area (Å²) in [5, 5.41) is 9.30. The predicted octanol–water partition coefficient (Wildman–Crippen LogP) is 8.28. The highest BCUT2D eigenvalue weighted by atomic mass is 16.3. The summed E-state index contributed by atoms with van der Waals surface area (Å²) in [6, 6.07) is 6.38. The van der Waals surface area contributed by atoms with Crippen molar-refractivity contribution in [2.45, 2.75) is 140 Å². The molecule has 1 fully saturated rings. The molecule has 0 bridgehead atoms. The van der Waals surface area contributed by atoms with Gasteiger partial charge in [-0.3, -0.25) is 14.6 Å². The first kappa shape index (κ1) is 40.5. The highest BCUT2D eigenvalue weighted by Gasteiger charge is 2.21. The highest BCUT2D eigenvalue weighted by molar-refractivity contribution is 6.09. The SMILES string of the molecule is CCCC(O)CCC(C)C.CCCN(CCC(C)CC)C(=O)CN=C1CCC/C1=C(/N)C(C)=O.Cc1cccc(C)c1C. The summed E-state index contributed by atoms with van der Waals surface area (Å²) in [6.07, 6.45) is 9.79. The third-order valence-electron chi connectivity index (χ3n) is 8.31. The number of hydrogen-bond donors (Lipinski definition) is 2. The first-order valence-corrected chi connectivity index (χ1v) is 16.8. The fraction of sp³-hybridized carbons (Fsp3) is 0.703. The van der Waals surface area contributed by atoms with E-state index in [-0.39, 0.29) is 24.3 Å². The lowest BCUT2D eigenvalue weighted by Crippen LogP contribution is -2.35. The Hall–Kier alpha value is -2.47. The fourth-order valence-electron chi connectivity index (χ4n) is 4.78. The van der Waals surface area contributed by atoms with Gasteiger partial charge in [0.1, 0.15) is 6.54 Å². The van der Waals surface area contributed by atoms with Crippen LogP contribution in [-0.2, 0) is 9.59 Å². The molecule has 2 unspecified atom stereocenters. The number of benzene rings is 1. The van der Waals surface area contributed by atoms with Crippen LogP contribution < -0.4 is 5.73 Å². The Kier molecular flexibility index (Phi) is 21.7. The van der Waals surface area contributed by atoms with Gasteiger partial charge in [0, 0.05) is 25.7 Å². The van der Waals surface area contributed by atoms with Crippen molar-refractivity contribution in [3.63, 3.8) is 0 Å². The maximum Gasteiger partial charge on any atom is 0.244 e. The molecule has 3 N–H and O–H groups in total. The van der Waals surface area contributed by atoms with E-state index in [1.807, 2.05) is 4.90 Å². The number of carbonyl (C=O) groups excluding carboxylic acids is 2. The molecule has 6 nitrogen and oxygen atoms in total. The minimum atomic E-state index is -0.118. The van der Waals surface area contributed by atoms with Crippen LogP contribution in [0.1, 0.15) is 129 Å². The first-order valence-electron chi connectivity index (χ1n) is 16.8. The maximum absolute atomic E-state index is 12.5. The van der Waals surface area contributed by atoms with E-state index < -0.39 is 0 Å². The summed E-state index contributed by atoms with van der Waals surface area (Å²) in [7, 11) is 0. The number of amides is 1. The van der Waals surface area contributed by atoms with Gasteiger partial charge in [0.15, 0.2) is 5.78 Å². The molecule has 0 radical (unpaired) electrons. The lowest BCUT2D eigenvalue weighted by molar-refractivity contribution is -0.129. The smallest absolute Gasteiger partial charge is 0.244 e. The van der Waals surface area contributed by atoms with Gasteiger partial charge < -0.3 is 15.7 Å². The third kappa shape index (κ3) is 17.4. The number of aliphatic hydroxyl groups is 1. The quantitative estimate of drug-likeness (QED) is 0.210. The van der Waals surface area contributed by atoms with E-state index >= 15 is 0 Å². The molecule has 0 spiro atoms. The van der Waals surface area contributed by atoms with Crippen LogP contribution >= 0.6 is 0 Å². The molecule has 1 aromatic rings. The van der Waals surface area contributed by atoms with E-state index in [0.717, 1.165) is 94.5 Å². The highest BCUT2D eigenvalue weighted by Crippen LogP contribution is 2.24. The number of ketones is 1. The van der Waals surface area contributed by atoms with Crippen LogP contribution in [0.4, 0.5) is 0 Å². The summed E-state index contributed by atoms with van der Waals surface area (Å²) >= 11 is 0. The van der Waals surface area contributed by atoms with Crippen molar-refractivity contribution in [2.24, 2.45) is 22.6 Å². The topological polar surface area (TPSA) is 96.0 Å². The van der Waals surface area contributed by atoms with E-state index in [2.05, 4.69) is 85.5 Å². The number of aliphatic hydroxyl groups excluding tert-OH is 1. The zero-order valence-electron chi connectivity index (χ0n) is 29.4. The number of carbonyl (C=O) groups is 2. The Bertz CT molecular complexity index is 992. The van der Waals surface area contributed by atoms with Gasteiger partial charge in [-0.05, 0) is 106 Å². The zero-order chi connectivity index (χ0) is 32.9. The van der Waals surface area contributed by atoms with Crippen molar-refractivity contribution in [1.82, 2.24) is 4.90 Å². The molecular formula is C37H65N3O3. The number of aliphatic imine (C=N–C) groups is 1. The van der Waals surface area contributed by atoms with Crippen molar-refractivity contribution in [3.8, 4) is 0 Å². The molecule has 2 rings (SSSR count). The molecular weight excluding hydrogens is 534 g/mol. The number of hydrogen-bond acceptors (Lipinski definition) is 5. The molecule has 1 aliphatic carbocycles. The Morgan fingerprint density at radius 3 is 2.05 bits per heavy atom. The minimum Gasteiger partial charge on any atom is -0.396 e. The van der Waals surface area contributed by atoms with Crippen LogP contribution in [0.15, 0.2) is 34.5 Å². The van der Waals surface area contributed by atoms with E-state index in [0.29, 0.717) is 11.6 Å². The van der Waals surface area contributed by atoms with Gasteiger partial charge in [-0.25, -0.2) is 0 Å². The van der Waals surface area contributed by atoms with Crippen molar-refractivity contribution >= 4 is 17.4 Å². The van der Waals surface area contributed by atoms with Crippen molar-refractivity contribution in [1.29, 1.82) is 0 Å². The van der Waals surface area contributed by atoms with E-state index in [4.69, 9.17) is 5.73 Å².